The SMILES string of the molecule is O=[SiH2].[CH2]CCOCC1CO1. The van der Waals surface area contributed by atoms with Gasteiger partial charge < -0.3 is 13.9 Å². The third kappa shape index (κ3) is 6.06. The predicted octanol–water partition coefficient (Wildman–Crippen LogP) is -0.409. The molecule has 1 rings (SSSR count). The van der Waals surface area contributed by atoms with Crippen LogP contribution < -0.4 is 0 Å². The van der Waals surface area contributed by atoms with Crippen LogP contribution in [0.2, 0.25) is 0 Å². The second kappa shape index (κ2) is 7.05. The maximum atomic E-state index is 8.28. The average molecular weight is 161 g/mol. The third-order valence-corrected chi connectivity index (χ3v) is 0.995. The minimum Gasteiger partial charge on any atom is -0.396 e. The zero-order valence-corrected chi connectivity index (χ0v) is 7.46. The highest BCUT2D eigenvalue weighted by Crippen LogP contribution is 2.08. The number of hydrogen-bond acceptors (Lipinski definition) is 3. The molecule has 0 spiro atoms. The fourth-order valence-electron chi connectivity index (χ4n) is 0.481. The fraction of sp³-hybridized carbons (Fsp3) is 0.833. The minimum atomic E-state index is 0.404. The summed E-state index contributed by atoms with van der Waals surface area (Å²) in [6, 6.07) is 0. The highest BCUT2D eigenvalue weighted by Gasteiger charge is 2.21. The summed E-state index contributed by atoms with van der Waals surface area (Å²) in [6.07, 6.45) is 1.26. The highest BCUT2D eigenvalue weighted by atomic mass is 28.1. The Bertz CT molecular complexity index is 75.4. The fourth-order valence-corrected chi connectivity index (χ4v) is 0.481. The van der Waals surface area contributed by atoms with Gasteiger partial charge in [-0.2, -0.15) is 0 Å². The normalized spacial score (nSPS) is 21.1. The molecule has 4 heteroatoms. The van der Waals surface area contributed by atoms with Gasteiger partial charge in [-0.05, 0) is 6.42 Å². The molecule has 1 saturated heterocycles. The zero-order valence-electron chi connectivity index (χ0n) is 6.04. The Hall–Kier alpha value is -0.0631. The largest absolute Gasteiger partial charge is 0.396 e. The third-order valence-electron chi connectivity index (χ3n) is 0.995. The Kier molecular flexibility index (Phi) is 7.00. The molecule has 1 radical (unpaired) electrons. The van der Waals surface area contributed by atoms with Gasteiger partial charge in [0.1, 0.15) is 6.10 Å². The molecule has 1 aliphatic rings. The minimum absolute atomic E-state index is 0.404. The van der Waals surface area contributed by atoms with Crippen LogP contribution in [0.4, 0.5) is 0 Å². The summed E-state index contributed by atoms with van der Waals surface area (Å²) in [6.45, 7) is 6.05. The van der Waals surface area contributed by atoms with Crippen LogP contribution in [0.5, 0.6) is 0 Å². The van der Waals surface area contributed by atoms with Crippen LogP contribution in [0.15, 0.2) is 0 Å². The van der Waals surface area contributed by atoms with Crippen molar-refractivity contribution in [2.45, 2.75) is 12.5 Å². The zero-order chi connectivity index (χ0) is 7.82. The number of ether oxygens (including phenoxy) is 2. The van der Waals surface area contributed by atoms with E-state index < -0.39 is 0 Å². The van der Waals surface area contributed by atoms with Crippen molar-refractivity contribution in [2.75, 3.05) is 19.8 Å². The van der Waals surface area contributed by atoms with Crippen LogP contribution in [0, 0.1) is 6.92 Å². The van der Waals surface area contributed by atoms with E-state index >= 15 is 0 Å². The summed E-state index contributed by atoms with van der Waals surface area (Å²) >= 11 is 0. The molecule has 3 nitrogen and oxygen atoms in total. The molecule has 1 unspecified atom stereocenters. The van der Waals surface area contributed by atoms with Crippen molar-refractivity contribution in [1.29, 1.82) is 0 Å². The second-order valence-electron chi connectivity index (χ2n) is 1.88. The van der Waals surface area contributed by atoms with E-state index in [1.807, 2.05) is 0 Å². The van der Waals surface area contributed by atoms with Gasteiger partial charge in [-0.3, -0.25) is 0 Å². The lowest BCUT2D eigenvalue weighted by Crippen LogP contribution is -2.01. The van der Waals surface area contributed by atoms with Gasteiger partial charge in [-0.15, -0.1) is 0 Å². The van der Waals surface area contributed by atoms with Crippen molar-refractivity contribution in [3.05, 3.63) is 6.92 Å². The molecule has 0 bridgehead atoms. The van der Waals surface area contributed by atoms with Crippen LogP contribution in [0.25, 0.3) is 0 Å². The lowest BCUT2D eigenvalue weighted by Gasteiger charge is -1.95. The molecule has 0 amide bonds. The van der Waals surface area contributed by atoms with E-state index in [0.717, 1.165) is 26.2 Å². The molecule has 0 N–H and O–H groups in total. The smallest absolute Gasteiger partial charge is 0.245 e. The average Bonchev–Trinajstić information content (AvgIpc) is 2.77. The van der Waals surface area contributed by atoms with Crippen LogP contribution in [0.3, 0.4) is 0 Å². The first kappa shape index (κ1) is 9.94. The van der Waals surface area contributed by atoms with Crippen LogP contribution in [0.1, 0.15) is 6.42 Å². The van der Waals surface area contributed by atoms with Crippen molar-refractivity contribution < 1.29 is 13.9 Å². The Morgan fingerprint density at radius 1 is 1.70 bits per heavy atom. The van der Waals surface area contributed by atoms with Crippen LogP contribution in [-0.4, -0.2) is 36.1 Å². The van der Waals surface area contributed by atoms with Gasteiger partial charge >= 0.3 is 0 Å². The first-order valence-electron chi connectivity index (χ1n) is 3.21. The standard InChI is InChI=1S/C6H11O2.H2OSi/c1-2-3-7-4-6-5-8-6;1-2/h6H,1-5H2;2H2. The molecule has 0 saturated carbocycles. The topological polar surface area (TPSA) is 38.8 Å². The van der Waals surface area contributed by atoms with Gasteiger partial charge in [0, 0.05) is 6.61 Å². The summed E-state index contributed by atoms with van der Waals surface area (Å²) in [5.74, 6) is 0. The lowest BCUT2D eigenvalue weighted by molar-refractivity contribution is 0.120. The van der Waals surface area contributed by atoms with Crippen molar-refractivity contribution in [3.63, 3.8) is 0 Å². The van der Waals surface area contributed by atoms with Crippen molar-refractivity contribution in [3.8, 4) is 0 Å². The van der Waals surface area contributed by atoms with Crippen molar-refractivity contribution in [2.24, 2.45) is 0 Å². The Balaban J connectivity index is 0.000000371. The monoisotopic (exact) mass is 161 g/mol. The molecule has 0 aromatic carbocycles. The summed E-state index contributed by atoms with van der Waals surface area (Å²) in [7, 11) is 0.611. The molecule has 1 heterocycles. The quantitative estimate of drug-likeness (QED) is 0.320. The first-order chi connectivity index (χ1) is 4.93. The summed E-state index contributed by atoms with van der Waals surface area (Å²) < 4.78 is 18.3. The molecular formula is C6H13O3Si. The molecule has 1 fully saturated rings. The van der Waals surface area contributed by atoms with E-state index in [1.165, 1.54) is 0 Å². The molecule has 10 heavy (non-hydrogen) atoms. The van der Waals surface area contributed by atoms with Crippen LogP contribution >= 0.6 is 0 Å². The van der Waals surface area contributed by atoms with Gasteiger partial charge in [-0.25, -0.2) is 0 Å². The number of hydrogen-bond donors (Lipinski definition) is 0. The Morgan fingerprint density at radius 2 is 2.30 bits per heavy atom. The van der Waals surface area contributed by atoms with E-state index in [2.05, 4.69) is 6.92 Å². The number of rotatable bonds is 4. The molecule has 59 valence electrons. The van der Waals surface area contributed by atoms with Crippen molar-refractivity contribution in [1.82, 2.24) is 0 Å². The van der Waals surface area contributed by atoms with Crippen LogP contribution in [-0.2, 0) is 13.9 Å². The molecule has 1 aliphatic heterocycles. The molecular weight excluding hydrogens is 148 g/mol. The van der Waals surface area contributed by atoms with E-state index in [1.54, 1.807) is 0 Å². The Labute approximate surface area is 64.2 Å². The summed E-state index contributed by atoms with van der Waals surface area (Å²) in [5.41, 5.74) is 0. The second-order valence-corrected chi connectivity index (χ2v) is 1.88. The summed E-state index contributed by atoms with van der Waals surface area (Å²) in [5, 5.41) is 0. The molecule has 0 aliphatic carbocycles. The van der Waals surface area contributed by atoms with Gasteiger partial charge in [0.05, 0.1) is 13.2 Å². The van der Waals surface area contributed by atoms with Crippen molar-refractivity contribution >= 4 is 10.1 Å². The maximum Gasteiger partial charge on any atom is 0.245 e. The molecule has 0 aromatic heterocycles. The van der Waals surface area contributed by atoms with Gasteiger partial charge in [-0.1, -0.05) is 6.92 Å². The number of epoxide rings is 1. The van der Waals surface area contributed by atoms with E-state index in [9.17, 15) is 0 Å². The lowest BCUT2D eigenvalue weighted by atomic mass is 10.5. The Morgan fingerprint density at radius 3 is 2.70 bits per heavy atom. The van der Waals surface area contributed by atoms with Gasteiger partial charge in [0.25, 0.3) is 0 Å². The maximum absolute atomic E-state index is 8.28. The first-order valence-corrected chi connectivity index (χ1v) is 3.78. The summed E-state index contributed by atoms with van der Waals surface area (Å²) in [4.78, 5) is 0. The predicted molar refractivity (Wildman–Crippen MR) is 39.8 cm³/mol. The van der Waals surface area contributed by atoms with E-state index in [-0.39, 0.29) is 0 Å². The van der Waals surface area contributed by atoms with Gasteiger partial charge in [0.2, 0.25) is 10.1 Å². The highest BCUT2D eigenvalue weighted by molar-refractivity contribution is 5.85. The molecule has 0 aromatic rings. The van der Waals surface area contributed by atoms with E-state index in [4.69, 9.17) is 13.9 Å². The van der Waals surface area contributed by atoms with Gasteiger partial charge in [0.15, 0.2) is 0 Å². The van der Waals surface area contributed by atoms with E-state index in [0.29, 0.717) is 16.2 Å². The molecule has 1 atom stereocenters.